The van der Waals surface area contributed by atoms with Gasteiger partial charge in [-0.15, -0.1) is 0 Å². The van der Waals surface area contributed by atoms with Crippen LogP contribution < -0.4 is 5.32 Å². The third-order valence-corrected chi connectivity index (χ3v) is 3.89. The van der Waals surface area contributed by atoms with Gasteiger partial charge in [-0.25, -0.2) is 0 Å². The van der Waals surface area contributed by atoms with Crippen molar-refractivity contribution in [3.05, 3.63) is 10.4 Å². The van der Waals surface area contributed by atoms with Gasteiger partial charge in [0.1, 0.15) is 5.54 Å². The first-order valence-electron chi connectivity index (χ1n) is 6.23. The van der Waals surface area contributed by atoms with Crippen molar-refractivity contribution in [2.45, 2.75) is 37.3 Å². The van der Waals surface area contributed by atoms with Crippen molar-refractivity contribution >= 4 is 0 Å². The molecular formula is C11H18N6. The largest absolute Gasteiger partial charge is 0.298 e. The first kappa shape index (κ1) is 12.2. The SMILES string of the molecule is N#CC1(NCCN=[N+]=[N-])CCN2CCCCC21. The lowest BCUT2D eigenvalue weighted by atomic mass is 9.86. The van der Waals surface area contributed by atoms with Gasteiger partial charge in [-0.2, -0.15) is 5.26 Å². The lowest BCUT2D eigenvalue weighted by Gasteiger charge is -2.37. The summed E-state index contributed by atoms with van der Waals surface area (Å²) >= 11 is 0. The van der Waals surface area contributed by atoms with E-state index in [4.69, 9.17) is 5.53 Å². The van der Waals surface area contributed by atoms with Gasteiger partial charge < -0.3 is 0 Å². The van der Waals surface area contributed by atoms with Crippen molar-refractivity contribution in [1.29, 1.82) is 5.26 Å². The molecule has 17 heavy (non-hydrogen) atoms. The van der Waals surface area contributed by atoms with E-state index in [1.165, 1.54) is 12.8 Å². The van der Waals surface area contributed by atoms with Gasteiger partial charge in [0.05, 0.1) is 6.07 Å². The van der Waals surface area contributed by atoms with E-state index >= 15 is 0 Å². The molecule has 6 heteroatoms. The number of nitrogens with one attached hydrogen (secondary N) is 1. The average Bonchev–Trinajstić information content (AvgIpc) is 2.75. The van der Waals surface area contributed by atoms with Crippen LogP contribution in [0, 0.1) is 11.3 Å². The van der Waals surface area contributed by atoms with E-state index in [0.717, 1.165) is 25.9 Å². The third-order valence-electron chi connectivity index (χ3n) is 3.89. The maximum atomic E-state index is 9.47. The molecule has 92 valence electrons. The summed E-state index contributed by atoms with van der Waals surface area (Å²) in [7, 11) is 0. The van der Waals surface area contributed by atoms with Gasteiger partial charge in [0.2, 0.25) is 0 Å². The van der Waals surface area contributed by atoms with E-state index in [0.29, 0.717) is 19.1 Å². The summed E-state index contributed by atoms with van der Waals surface area (Å²) in [6.07, 6.45) is 4.44. The van der Waals surface area contributed by atoms with Crippen LogP contribution in [0.5, 0.6) is 0 Å². The predicted octanol–water partition coefficient (Wildman–Crippen LogP) is 1.41. The highest BCUT2D eigenvalue weighted by atomic mass is 15.3. The molecule has 1 N–H and O–H groups in total. The summed E-state index contributed by atoms with van der Waals surface area (Å²) in [5, 5.41) is 16.3. The van der Waals surface area contributed by atoms with Crippen LogP contribution in [-0.2, 0) is 0 Å². The van der Waals surface area contributed by atoms with Crippen LogP contribution in [-0.4, -0.2) is 42.7 Å². The molecule has 2 unspecified atom stereocenters. The number of nitrogens with zero attached hydrogens (tertiary/aromatic N) is 5. The van der Waals surface area contributed by atoms with Crippen molar-refractivity contribution in [2.75, 3.05) is 26.2 Å². The number of azide groups is 1. The van der Waals surface area contributed by atoms with E-state index < -0.39 is 5.54 Å². The van der Waals surface area contributed by atoms with E-state index in [1.54, 1.807) is 0 Å². The molecule has 6 nitrogen and oxygen atoms in total. The Hall–Kier alpha value is -1.28. The predicted molar refractivity (Wildman–Crippen MR) is 64.2 cm³/mol. The molecule has 2 heterocycles. The molecule has 2 aliphatic heterocycles. The minimum absolute atomic E-state index is 0.340. The normalized spacial score (nSPS) is 32.5. The van der Waals surface area contributed by atoms with Crippen molar-refractivity contribution in [2.24, 2.45) is 5.11 Å². The second-order valence-corrected chi connectivity index (χ2v) is 4.76. The van der Waals surface area contributed by atoms with E-state index in [9.17, 15) is 5.26 Å². The second-order valence-electron chi connectivity index (χ2n) is 4.76. The quantitative estimate of drug-likeness (QED) is 0.345. The van der Waals surface area contributed by atoms with Gasteiger partial charge in [0.25, 0.3) is 0 Å². The molecule has 0 amide bonds. The summed E-state index contributed by atoms with van der Waals surface area (Å²) in [4.78, 5) is 5.15. The first-order chi connectivity index (χ1) is 8.32. The fourth-order valence-corrected chi connectivity index (χ4v) is 3.05. The molecule has 2 saturated heterocycles. The van der Waals surface area contributed by atoms with Crippen LogP contribution in [0.15, 0.2) is 5.11 Å². The zero-order valence-corrected chi connectivity index (χ0v) is 9.97. The highest BCUT2D eigenvalue weighted by Gasteiger charge is 2.47. The Morgan fingerprint density at radius 3 is 3.18 bits per heavy atom. The molecule has 2 atom stereocenters. The molecule has 0 aromatic carbocycles. The number of rotatable bonds is 4. The van der Waals surface area contributed by atoms with Gasteiger partial charge in [-0.3, -0.25) is 10.2 Å². The van der Waals surface area contributed by atoms with E-state index in [1.807, 2.05) is 0 Å². The first-order valence-corrected chi connectivity index (χ1v) is 6.23. The lowest BCUT2D eigenvalue weighted by molar-refractivity contribution is 0.161. The Labute approximate surface area is 101 Å². The van der Waals surface area contributed by atoms with Crippen LogP contribution in [0.25, 0.3) is 10.4 Å². The van der Waals surface area contributed by atoms with E-state index in [-0.39, 0.29) is 0 Å². The number of hydrogen-bond acceptors (Lipinski definition) is 4. The zero-order chi connectivity index (χ0) is 12.1. The molecule has 0 aliphatic carbocycles. The molecule has 2 fully saturated rings. The third kappa shape index (κ3) is 2.37. The smallest absolute Gasteiger partial charge is 0.123 e. The Bertz CT molecular complexity index is 355. The summed E-state index contributed by atoms with van der Waals surface area (Å²) in [6, 6.07) is 2.81. The van der Waals surface area contributed by atoms with Crippen LogP contribution in [0.1, 0.15) is 25.7 Å². The van der Waals surface area contributed by atoms with Crippen LogP contribution in [0.2, 0.25) is 0 Å². The fraction of sp³-hybridized carbons (Fsp3) is 0.909. The molecule has 0 aromatic rings. The maximum Gasteiger partial charge on any atom is 0.123 e. The van der Waals surface area contributed by atoms with Gasteiger partial charge >= 0.3 is 0 Å². The minimum atomic E-state index is -0.425. The topological polar surface area (TPSA) is 87.8 Å². The lowest BCUT2D eigenvalue weighted by Crippen LogP contribution is -2.55. The molecule has 0 bridgehead atoms. The van der Waals surface area contributed by atoms with Crippen molar-refractivity contribution in [3.63, 3.8) is 0 Å². The van der Waals surface area contributed by atoms with Gasteiger partial charge in [-0.05, 0) is 31.3 Å². The maximum absolute atomic E-state index is 9.47. The summed E-state index contributed by atoms with van der Waals surface area (Å²) in [5.41, 5.74) is 7.80. The minimum Gasteiger partial charge on any atom is -0.298 e. The van der Waals surface area contributed by atoms with Gasteiger partial charge in [0, 0.05) is 30.6 Å². The summed E-state index contributed by atoms with van der Waals surface area (Å²) in [5.74, 6) is 0. The molecular weight excluding hydrogens is 216 g/mol. The Morgan fingerprint density at radius 1 is 1.53 bits per heavy atom. The zero-order valence-electron chi connectivity index (χ0n) is 9.97. The molecule has 0 radical (unpaired) electrons. The molecule has 0 saturated carbocycles. The number of fused-ring (bicyclic) bond motifs is 1. The highest BCUT2D eigenvalue weighted by molar-refractivity contribution is 5.19. The fourth-order valence-electron chi connectivity index (χ4n) is 3.05. The number of nitriles is 1. The van der Waals surface area contributed by atoms with E-state index in [2.05, 4.69) is 26.3 Å². The molecule has 2 rings (SSSR count). The number of piperidine rings is 1. The Kier molecular flexibility index (Phi) is 3.85. The number of hydrogen-bond donors (Lipinski definition) is 1. The Morgan fingerprint density at radius 2 is 2.41 bits per heavy atom. The van der Waals surface area contributed by atoms with Crippen molar-refractivity contribution in [3.8, 4) is 6.07 Å². The van der Waals surface area contributed by atoms with Gasteiger partial charge in [0.15, 0.2) is 0 Å². The van der Waals surface area contributed by atoms with Crippen LogP contribution in [0.4, 0.5) is 0 Å². The molecule has 0 spiro atoms. The second kappa shape index (κ2) is 5.37. The monoisotopic (exact) mass is 234 g/mol. The van der Waals surface area contributed by atoms with Gasteiger partial charge in [-0.1, -0.05) is 11.5 Å². The van der Waals surface area contributed by atoms with Crippen molar-refractivity contribution < 1.29 is 0 Å². The van der Waals surface area contributed by atoms with Crippen LogP contribution >= 0.6 is 0 Å². The standard InChI is InChI=1S/C11H18N6/c12-9-11(14-5-6-15-16-13)4-8-17-7-2-1-3-10(11)17/h10,14H,1-8H2. The Balaban J connectivity index is 1.99. The summed E-state index contributed by atoms with van der Waals surface area (Å²) < 4.78 is 0. The highest BCUT2D eigenvalue weighted by Crippen LogP contribution is 2.34. The molecule has 0 aromatic heterocycles. The van der Waals surface area contributed by atoms with Crippen LogP contribution in [0.3, 0.4) is 0 Å². The summed E-state index contributed by atoms with van der Waals surface area (Å²) in [6.45, 7) is 3.12. The molecule has 2 aliphatic rings. The van der Waals surface area contributed by atoms with Crippen molar-refractivity contribution in [1.82, 2.24) is 10.2 Å². The average molecular weight is 234 g/mol.